The van der Waals surface area contributed by atoms with Crippen LogP contribution in [-0.2, 0) is 11.3 Å². The van der Waals surface area contributed by atoms with Crippen molar-refractivity contribution in [2.75, 3.05) is 14.1 Å². The summed E-state index contributed by atoms with van der Waals surface area (Å²) < 4.78 is 1.60. The lowest BCUT2D eigenvalue weighted by atomic mass is 10.2. The van der Waals surface area contributed by atoms with Crippen molar-refractivity contribution < 1.29 is 4.79 Å². The van der Waals surface area contributed by atoms with Gasteiger partial charge < -0.3 is 10.6 Å². The summed E-state index contributed by atoms with van der Waals surface area (Å²) in [5, 5.41) is 4.05. The standard InChI is InChI=1S/C9H16N4O/c1-7(10)8-4-11-13(5-8)6-9(14)12(2)3/h4-5,7H,6,10H2,1-3H3/t7-/m1/s1. The van der Waals surface area contributed by atoms with E-state index >= 15 is 0 Å². The van der Waals surface area contributed by atoms with Crippen LogP contribution in [0.1, 0.15) is 18.5 Å². The molecule has 1 atom stereocenters. The number of carbonyl (C=O) groups excluding carboxylic acids is 1. The molecule has 1 heterocycles. The third kappa shape index (κ3) is 2.56. The minimum Gasteiger partial charge on any atom is -0.347 e. The first kappa shape index (κ1) is 10.7. The molecule has 14 heavy (non-hydrogen) atoms. The van der Waals surface area contributed by atoms with Crippen molar-refractivity contribution in [1.82, 2.24) is 14.7 Å². The molecule has 0 unspecified atom stereocenters. The number of carbonyl (C=O) groups is 1. The number of hydrogen-bond acceptors (Lipinski definition) is 3. The Hall–Kier alpha value is -1.36. The van der Waals surface area contributed by atoms with Gasteiger partial charge in [0, 0.05) is 31.9 Å². The zero-order valence-electron chi connectivity index (χ0n) is 8.77. The van der Waals surface area contributed by atoms with Crippen LogP contribution in [0.5, 0.6) is 0 Å². The Morgan fingerprint density at radius 2 is 2.36 bits per heavy atom. The Balaban J connectivity index is 2.64. The summed E-state index contributed by atoms with van der Waals surface area (Å²) in [7, 11) is 3.44. The fraction of sp³-hybridized carbons (Fsp3) is 0.556. The molecular weight excluding hydrogens is 180 g/mol. The van der Waals surface area contributed by atoms with E-state index in [-0.39, 0.29) is 18.5 Å². The summed E-state index contributed by atoms with van der Waals surface area (Å²) >= 11 is 0. The monoisotopic (exact) mass is 196 g/mol. The van der Waals surface area contributed by atoms with Gasteiger partial charge in [-0.2, -0.15) is 5.10 Å². The van der Waals surface area contributed by atoms with Crippen LogP contribution >= 0.6 is 0 Å². The highest BCUT2D eigenvalue weighted by Gasteiger charge is 2.07. The van der Waals surface area contributed by atoms with Gasteiger partial charge in [-0.3, -0.25) is 9.48 Å². The molecule has 5 heteroatoms. The normalized spacial score (nSPS) is 12.6. The fourth-order valence-corrected chi connectivity index (χ4v) is 0.981. The number of likely N-dealkylation sites (N-methyl/N-ethyl adjacent to an activating group) is 1. The topological polar surface area (TPSA) is 64.1 Å². The van der Waals surface area contributed by atoms with Crippen LogP contribution in [0, 0.1) is 0 Å². The summed E-state index contributed by atoms with van der Waals surface area (Å²) in [6.45, 7) is 2.15. The van der Waals surface area contributed by atoms with Gasteiger partial charge >= 0.3 is 0 Å². The summed E-state index contributed by atoms with van der Waals surface area (Å²) in [6, 6.07) is -0.0433. The molecule has 0 saturated carbocycles. The summed E-state index contributed by atoms with van der Waals surface area (Å²) in [5.74, 6) is 0.0179. The van der Waals surface area contributed by atoms with Gasteiger partial charge in [-0.05, 0) is 6.92 Å². The van der Waals surface area contributed by atoms with Gasteiger partial charge in [0.2, 0.25) is 5.91 Å². The number of rotatable bonds is 3. The van der Waals surface area contributed by atoms with E-state index in [4.69, 9.17) is 5.73 Å². The molecular formula is C9H16N4O. The predicted octanol–water partition coefficient (Wildman–Crippen LogP) is -0.00900. The second-order valence-corrected chi connectivity index (χ2v) is 3.55. The maximum absolute atomic E-state index is 11.3. The van der Waals surface area contributed by atoms with E-state index in [1.807, 2.05) is 6.92 Å². The molecule has 1 amide bonds. The van der Waals surface area contributed by atoms with Crippen molar-refractivity contribution in [3.63, 3.8) is 0 Å². The fourth-order valence-electron chi connectivity index (χ4n) is 0.981. The van der Waals surface area contributed by atoms with E-state index in [9.17, 15) is 4.79 Å². The number of nitrogens with zero attached hydrogens (tertiary/aromatic N) is 3. The van der Waals surface area contributed by atoms with Crippen LogP contribution in [0.2, 0.25) is 0 Å². The Bertz CT molecular complexity index is 316. The Morgan fingerprint density at radius 3 is 2.79 bits per heavy atom. The lowest BCUT2D eigenvalue weighted by molar-refractivity contribution is -0.129. The Labute approximate surface area is 83.5 Å². The molecule has 0 aliphatic carbocycles. The van der Waals surface area contributed by atoms with Crippen LogP contribution in [0.4, 0.5) is 0 Å². The lowest BCUT2D eigenvalue weighted by Gasteiger charge is -2.09. The van der Waals surface area contributed by atoms with Crippen molar-refractivity contribution in [3.05, 3.63) is 18.0 Å². The molecule has 1 rings (SSSR count). The first-order chi connectivity index (χ1) is 6.50. The van der Waals surface area contributed by atoms with Gasteiger partial charge in [0.1, 0.15) is 6.54 Å². The van der Waals surface area contributed by atoms with E-state index < -0.39 is 0 Å². The average Bonchev–Trinajstić information content (AvgIpc) is 2.52. The molecule has 0 saturated heterocycles. The third-order valence-corrected chi connectivity index (χ3v) is 1.98. The largest absolute Gasteiger partial charge is 0.347 e. The smallest absolute Gasteiger partial charge is 0.243 e. The number of nitrogens with two attached hydrogens (primary N) is 1. The van der Waals surface area contributed by atoms with Gasteiger partial charge in [-0.25, -0.2) is 0 Å². The van der Waals surface area contributed by atoms with Gasteiger partial charge in [0.05, 0.1) is 6.20 Å². The highest BCUT2D eigenvalue weighted by atomic mass is 16.2. The summed E-state index contributed by atoms with van der Waals surface area (Å²) in [6.07, 6.45) is 3.49. The first-order valence-corrected chi connectivity index (χ1v) is 4.49. The van der Waals surface area contributed by atoms with Crippen molar-refractivity contribution in [1.29, 1.82) is 0 Å². The molecule has 0 spiro atoms. The van der Waals surface area contributed by atoms with Gasteiger partial charge in [0.15, 0.2) is 0 Å². The van der Waals surface area contributed by atoms with E-state index in [0.717, 1.165) is 5.56 Å². The predicted molar refractivity (Wildman–Crippen MR) is 53.5 cm³/mol. The highest BCUT2D eigenvalue weighted by Crippen LogP contribution is 2.06. The minimum absolute atomic E-state index is 0.0179. The maximum atomic E-state index is 11.3. The van der Waals surface area contributed by atoms with E-state index in [2.05, 4.69) is 5.10 Å². The van der Waals surface area contributed by atoms with Crippen molar-refractivity contribution in [2.24, 2.45) is 5.73 Å². The summed E-state index contributed by atoms with van der Waals surface area (Å²) in [4.78, 5) is 12.9. The molecule has 2 N–H and O–H groups in total. The molecule has 0 aromatic carbocycles. The molecule has 0 radical (unpaired) electrons. The Kier molecular flexibility index (Phi) is 3.24. The molecule has 0 bridgehead atoms. The molecule has 0 aliphatic heterocycles. The molecule has 5 nitrogen and oxygen atoms in total. The van der Waals surface area contributed by atoms with Crippen LogP contribution < -0.4 is 5.73 Å². The van der Waals surface area contributed by atoms with Crippen LogP contribution in [0.25, 0.3) is 0 Å². The van der Waals surface area contributed by atoms with Crippen molar-refractivity contribution >= 4 is 5.91 Å². The molecule has 1 aromatic rings. The lowest BCUT2D eigenvalue weighted by Crippen LogP contribution is -2.26. The zero-order chi connectivity index (χ0) is 10.7. The summed E-state index contributed by atoms with van der Waals surface area (Å²) in [5.41, 5.74) is 6.61. The van der Waals surface area contributed by atoms with Crippen LogP contribution in [0.15, 0.2) is 12.4 Å². The number of aromatic nitrogens is 2. The van der Waals surface area contributed by atoms with Crippen molar-refractivity contribution in [3.8, 4) is 0 Å². The second-order valence-electron chi connectivity index (χ2n) is 3.55. The van der Waals surface area contributed by atoms with Crippen molar-refractivity contribution in [2.45, 2.75) is 19.5 Å². The van der Waals surface area contributed by atoms with Gasteiger partial charge in [-0.15, -0.1) is 0 Å². The first-order valence-electron chi connectivity index (χ1n) is 4.49. The Morgan fingerprint density at radius 1 is 1.71 bits per heavy atom. The van der Waals surface area contributed by atoms with Crippen LogP contribution in [-0.4, -0.2) is 34.7 Å². The number of amides is 1. The number of hydrogen-bond donors (Lipinski definition) is 1. The third-order valence-electron chi connectivity index (χ3n) is 1.98. The zero-order valence-corrected chi connectivity index (χ0v) is 8.77. The maximum Gasteiger partial charge on any atom is 0.243 e. The highest BCUT2D eigenvalue weighted by molar-refractivity contribution is 5.75. The molecule has 0 fully saturated rings. The van der Waals surface area contributed by atoms with E-state index in [0.29, 0.717) is 0 Å². The van der Waals surface area contributed by atoms with Gasteiger partial charge in [-0.1, -0.05) is 0 Å². The quantitative estimate of drug-likeness (QED) is 0.739. The molecule has 0 aliphatic rings. The molecule has 1 aromatic heterocycles. The minimum atomic E-state index is -0.0433. The molecule has 78 valence electrons. The SMILES string of the molecule is C[C@@H](N)c1cnn(CC(=O)N(C)C)c1. The second kappa shape index (κ2) is 4.23. The van der Waals surface area contributed by atoms with Gasteiger partial charge in [0.25, 0.3) is 0 Å². The van der Waals surface area contributed by atoms with Crippen LogP contribution in [0.3, 0.4) is 0 Å². The van der Waals surface area contributed by atoms with E-state index in [1.54, 1.807) is 31.2 Å². The average molecular weight is 196 g/mol. The van der Waals surface area contributed by atoms with E-state index in [1.165, 1.54) is 4.90 Å².